The van der Waals surface area contributed by atoms with E-state index in [9.17, 15) is 4.79 Å². The fraction of sp³-hybridized carbons (Fsp3) is 0.261. The van der Waals surface area contributed by atoms with Crippen LogP contribution in [0.3, 0.4) is 0 Å². The van der Waals surface area contributed by atoms with Gasteiger partial charge in [0.05, 0.1) is 6.04 Å². The summed E-state index contributed by atoms with van der Waals surface area (Å²) in [6, 6.07) is 15.9. The molecule has 4 nitrogen and oxygen atoms in total. The zero-order valence-corrected chi connectivity index (χ0v) is 15.8. The fourth-order valence-electron chi connectivity index (χ4n) is 3.65. The lowest BCUT2D eigenvalue weighted by atomic mass is 9.98. The molecule has 1 unspecified atom stereocenters. The number of nitrogens with zero attached hydrogens (tertiary/aromatic N) is 1. The summed E-state index contributed by atoms with van der Waals surface area (Å²) in [4.78, 5) is 18.4. The van der Waals surface area contributed by atoms with Gasteiger partial charge in [0.2, 0.25) is 0 Å². The number of H-pyrrole nitrogens is 1. The van der Waals surface area contributed by atoms with Crippen LogP contribution in [0.2, 0.25) is 0 Å². The number of hydrogen-bond acceptors (Lipinski definition) is 2. The molecular formula is C23H25N3O. The van der Waals surface area contributed by atoms with Crippen molar-refractivity contribution in [2.75, 3.05) is 20.1 Å². The summed E-state index contributed by atoms with van der Waals surface area (Å²) in [5.74, 6) is -0.0437. The smallest absolute Gasteiger partial charge is 0.251 e. The molecule has 0 aliphatic carbocycles. The molecule has 1 aromatic heterocycles. The van der Waals surface area contributed by atoms with Crippen molar-refractivity contribution in [3.05, 3.63) is 77.5 Å². The van der Waals surface area contributed by atoms with Gasteiger partial charge in [-0.15, -0.1) is 0 Å². The first-order valence-corrected chi connectivity index (χ1v) is 9.47. The minimum atomic E-state index is -0.0437. The summed E-state index contributed by atoms with van der Waals surface area (Å²) in [6.45, 7) is 4.04. The Bertz CT molecular complexity index is 987. The van der Waals surface area contributed by atoms with E-state index in [1.165, 1.54) is 11.1 Å². The van der Waals surface area contributed by atoms with E-state index in [0.29, 0.717) is 5.56 Å². The van der Waals surface area contributed by atoms with E-state index < -0.39 is 0 Å². The van der Waals surface area contributed by atoms with E-state index in [1.54, 1.807) is 0 Å². The summed E-state index contributed by atoms with van der Waals surface area (Å²) in [7, 11) is 2.14. The lowest BCUT2D eigenvalue weighted by Gasteiger charge is -2.21. The first-order valence-electron chi connectivity index (χ1n) is 9.47. The van der Waals surface area contributed by atoms with Crippen LogP contribution in [0.25, 0.3) is 16.5 Å². The van der Waals surface area contributed by atoms with Crippen molar-refractivity contribution >= 4 is 22.4 Å². The third kappa shape index (κ3) is 3.67. The maximum Gasteiger partial charge on any atom is 0.251 e. The van der Waals surface area contributed by atoms with Crippen molar-refractivity contribution in [3.63, 3.8) is 0 Å². The topological polar surface area (TPSA) is 48.1 Å². The van der Waals surface area contributed by atoms with E-state index >= 15 is 0 Å². The molecule has 4 rings (SSSR count). The van der Waals surface area contributed by atoms with Gasteiger partial charge in [0.1, 0.15) is 0 Å². The lowest BCUT2D eigenvalue weighted by Crippen LogP contribution is -2.26. The molecule has 1 aliphatic rings. The molecule has 2 heterocycles. The molecule has 0 fully saturated rings. The SMILES string of the molecule is CC(NC(=O)c1ccc2[nH]cc(C3=CCN(C)CC3)c2c1)c1ccccc1. The van der Waals surface area contributed by atoms with Gasteiger partial charge < -0.3 is 15.2 Å². The minimum Gasteiger partial charge on any atom is -0.361 e. The fourth-order valence-corrected chi connectivity index (χ4v) is 3.65. The Morgan fingerprint density at radius 2 is 2.00 bits per heavy atom. The monoisotopic (exact) mass is 359 g/mol. The number of likely N-dealkylation sites (N-methyl/N-ethyl adjacent to an activating group) is 1. The minimum absolute atomic E-state index is 0.0308. The first-order chi connectivity index (χ1) is 13.1. The molecule has 0 radical (unpaired) electrons. The number of hydrogen-bond donors (Lipinski definition) is 2. The molecule has 2 aromatic carbocycles. The van der Waals surface area contributed by atoms with Gasteiger partial charge in [0, 0.05) is 41.3 Å². The predicted molar refractivity (Wildman–Crippen MR) is 111 cm³/mol. The van der Waals surface area contributed by atoms with Crippen LogP contribution in [-0.4, -0.2) is 35.9 Å². The molecule has 0 saturated heterocycles. The van der Waals surface area contributed by atoms with Crippen LogP contribution in [0.5, 0.6) is 0 Å². The van der Waals surface area contributed by atoms with Gasteiger partial charge in [0.15, 0.2) is 0 Å². The third-order valence-corrected chi connectivity index (χ3v) is 5.35. The summed E-state index contributed by atoms with van der Waals surface area (Å²) < 4.78 is 0. The number of rotatable bonds is 4. The third-order valence-electron chi connectivity index (χ3n) is 5.35. The van der Waals surface area contributed by atoms with Crippen LogP contribution in [0.1, 0.15) is 40.9 Å². The van der Waals surface area contributed by atoms with Gasteiger partial charge in [-0.2, -0.15) is 0 Å². The number of aromatic nitrogens is 1. The van der Waals surface area contributed by atoms with E-state index in [-0.39, 0.29) is 11.9 Å². The Balaban J connectivity index is 1.59. The molecule has 4 heteroatoms. The predicted octanol–water partition coefficient (Wildman–Crippen LogP) is 4.38. The first kappa shape index (κ1) is 17.6. The summed E-state index contributed by atoms with van der Waals surface area (Å²) >= 11 is 0. The van der Waals surface area contributed by atoms with Crippen LogP contribution in [0, 0.1) is 0 Å². The van der Waals surface area contributed by atoms with Gasteiger partial charge in [-0.05, 0) is 49.7 Å². The molecule has 0 bridgehead atoms. The van der Waals surface area contributed by atoms with Crippen molar-refractivity contribution in [3.8, 4) is 0 Å². The van der Waals surface area contributed by atoms with Crippen LogP contribution >= 0.6 is 0 Å². The normalized spacial score (nSPS) is 16.1. The van der Waals surface area contributed by atoms with Crippen LogP contribution in [0.15, 0.2) is 60.8 Å². The molecule has 27 heavy (non-hydrogen) atoms. The van der Waals surface area contributed by atoms with Crippen LogP contribution in [0.4, 0.5) is 0 Å². The molecule has 3 aromatic rings. The molecule has 0 saturated carbocycles. The van der Waals surface area contributed by atoms with Crippen LogP contribution in [-0.2, 0) is 0 Å². The highest BCUT2D eigenvalue weighted by Crippen LogP contribution is 2.29. The van der Waals surface area contributed by atoms with E-state index in [0.717, 1.165) is 36.0 Å². The van der Waals surface area contributed by atoms with Crippen molar-refractivity contribution < 1.29 is 4.79 Å². The molecule has 1 atom stereocenters. The number of benzene rings is 2. The maximum absolute atomic E-state index is 12.8. The zero-order valence-electron chi connectivity index (χ0n) is 15.8. The maximum atomic E-state index is 12.8. The second-order valence-corrected chi connectivity index (χ2v) is 7.31. The van der Waals surface area contributed by atoms with Gasteiger partial charge in [0.25, 0.3) is 5.91 Å². The Kier molecular flexibility index (Phi) is 4.82. The van der Waals surface area contributed by atoms with Gasteiger partial charge in [-0.25, -0.2) is 0 Å². The average molecular weight is 359 g/mol. The Morgan fingerprint density at radius 3 is 2.74 bits per heavy atom. The number of aromatic amines is 1. The van der Waals surface area contributed by atoms with Gasteiger partial charge in [-0.3, -0.25) is 4.79 Å². The Labute approximate surface area is 159 Å². The van der Waals surface area contributed by atoms with Crippen molar-refractivity contribution in [1.29, 1.82) is 0 Å². The second-order valence-electron chi connectivity index (χ2n) is 7.31. The Morgan fingerprint density at radius 1 is 1.19 bits per heavy atom. The average Bonchev–Trinajstić information content (AvgIpc) is 3.12. The Hall–Kier alpha value is -2.85. The zero-order chi connectivity index (χ0) is 18.8. The highest BCUT2D eigenvalue weighted by atomic mass is 16.1. The largest absolute Gasteiger partial charge is 0.361 e. The molecule has 0 spiro atoms. The molecule has 2 N–H and O–H groups in total. The molecule has 138 valence electrons. The number of fused-ring (bicyclic) bond motifs is 1. The van der Waals surface area contributed by atoms with Crippen molar-refractivity contribution in [2.45, 2.75) is 19.4 Å². The van der Waals surface area contributed by atoms with Gasteiger partial charge >= 0.3 is 0 Å². The summed E-state index contributed by atoms with van der Waals surface area (Å²) in [5.41, 5.74) is 5.43. The number of carbonyl (C=O) groups is 1. The standard InChI is InChI=1S/C23H25N3O/c1-16(17-6-4-3-5-7-17)25-23(27)19-8-9-22-20(14-19)21(15-24-22)18-10-12-26(2)13-11-18/h3-10,14-16,24H,11-13H2,1-2H3,(H,25,27). The van der Waals surface area contributed by atoms with Crippen LogP contribution < -0.4 is 5.32 Å². The molecule has 1 amide bonds. The second kappa shape index (κ2) is 7.41. The summed E-state index contributed by atoms with van der Waals surface area (Å²) in [5, 5.41) is 4.22. The van der Waals surface area contributed by atoms with E-state index in [2.05, 4.69) is 34.5 Å². The van der Waals surface area contributed by atoms with Crippen molar-refractivity contribution in [1.82, 2.24) is 15.2 Å². The van der Waals surface area contributed by atoms with E-state index in [4.69, 9.17) is 0 Å². The van der Waals surface area contributed by atoms with E-state index in [1.807, 2.05) is 55.5 Å². The van der Waals surface area contributed by atoms with Crippen molar-refractivity contribution in [2.24, 2.45) is 0 Å². The number of nitrogens with one attached hydrogen (secondary N) is 2. The highest BCUT2D eigenvalue weighted by molar-refractivity contribution is 6.01. The van der Waals surface area contributed by atoms with Gasteiger partial charge in [-0.1, -0.05) is 36.4 Å². The number of amides is 1. The lowest BCUT2D eigenvalue weighted by molar-refractivity contribution is 0.0940. The molecule has 1 aliphatic heterocycles. The number of carbonyl (C=O) groups excluding carboxylic acids is 1. The summed E-state index contributed by atoms with van der Waals surface area (Å²) in [6.07, 6.45) is 5.39. The highest BCUT2D eigenvalue weighted by Gasteiger charge is 2.16. The molecular weight excluding hydrogens is 334 g/mol. The quantitative estimate of drug-likeness (QED) is 0.726.